The molecule has 0 aromatic heterocycles. The van der Waals surface area contributed by atoms with Gasteiger partial charge in [0.15, 0.2) is 5.78 Å². The van der Waals surface area contributed by atoms with Gasteiger partial charge in [-0.3, -0.25) is 4.79 Å². The van der Waals surface area contributed by atoms with E-state index in [1.165, 1.54) is 5.56 Å². The fourth-order valence-electron chi connectivity index (χ4n) is 2.24. The monoisotopic (exact) mass is 331 g/mol. The highest BCUT2D eigenvalue weighted by atomic mass is 79.9. The lowest BCUT2D eigenvalue weighted by molar-refractivity contribution is 0.101. The molecule has 20 heavy (non-hydrogen) atoms. The average Bonchev–Trinajstić information content (AvgIpc) is 2.43. The van der Waals surface area contributed by atoms with Crippen molar-refractivity contribution in [2.75, 3.05) is 11.4 Å². The summed E-state index contributed by atoms with van der Waals surface area (Å²) in [5.74, 6) is 0.0758. The molecule has 0 spiro atoms. The first kappa shape index (κ1) is 14.8. The third-order valence-corrected chi connectivity index (χ3v) is 3.78. The summed E-state index contributed by atoms with van der Waals surface area (Å²) in [6.45, 7) is 6.58. The van der Waals surface area contributed by atoms with Gasteiger partial charge in [0.1, 0.15) is 0 Å². The molecule has 0 aliphatic rings. The Labute approximate surface area is 128 Å². The minimum absolute atomic E-state index is 0.0758. The quantitative estimate of drug-likeness (QED) is 0.725. The maximum absolute atomic E-state index is 11.9. The van der Waals surface area contributed by atoms with Crippen molar-refractivity contribution in [1.82, 2.24) is 0 Å². The normalized spacial score (nSPS) is 10.4. The first-order valence-electron chi connectivity index (χ1n) is 6.67. The minimum Gasteiger partial charge on any atom is -0.341 e. The molecule has 2 aromatic rings. The van der Waals surface area contributed by atoms with Crippen LogP contribution in [0.5, 0.6) is 0 Å². The number of anilines is 2. The number of nitrogens with zero attached hydrogens (tertiary/aromatic N) is 1. The Hall–Kier alpha value is -1.61. The zero-order chi connectivity index (χ0) is 14.7. The molecule has 2 aromatic carbocycles. The van der Waals surface area contributed by atoms with Crippen molar-refractivity contribution in [2.24, 2.45) is 0 Å². The third-order valence-electron chi connectivity index (χ3n) is 3.29. The molecule has 2 nitrogen and oxygen atoms in total. The summed E-state index contributed by atoms with van der Waals surface area (Å²) >= 11 is 3.43. The van der Waals surface area contributed by atoms with E-state index in [1.807, 2.05) is 18.2 Å². The standard InChI is InChI=1S/C17H18BrNO/c1-4-19(15-8-5-12(2)6-9-15)17-10-7-14(18)11-16(17)13(3)20/h5-11H,4H2,1-3H3. The molecule has 0 bridgehead atoms. The molecule has 0 amide bonds. The fraction of sp³-hybridized carbons (Fsp3) is 0.235. The number of carbonyl (C=O) groups is 1. The van der Waals surface area contributed by atoms with E-state index in [-0.39, 0.29) is 5.78 Å². The molecule has 3 heteroatoms. The summed E-state index contributed by atoms with van der Waals surface area (Å²) in [5.41, 5.74) is 4.02. The maximum Gasteiger partial charge on any atom is 0.161 e. The van der Waals surface area contributed by atoms with Gasteiger partial charge in [0.25, 0.3) is 0 Å². The minimum atomic E-state index is 0.0758. The van der Waals surface area contributed by atoms with Gasteiger partial charge in [0.2, 0.25) is 0 Å². The molecule has 2 rings (SSSR count). The number of benzene rings is 2. The molecule has 0 unspecified atom stereocenters. The van der Waals surface area contributed by atoms with E-state index in [2.05, 4.69) is 58.9 Å². The number of aryl methyl sites for hydroxylation is 1. The number of carbonyl (C=O) groups excluding carboxylic acids is 1. The topological polar surface area (TPSA) is 20.3 Å². The molecule has 104 valence electrons. The molecular weight excluding hydrogens is 314 g/mol. The number of ketones is 1. The predicted molar refractivity (Wildman–Crippen MR) is 88.0 cm³/mol. The number of hydrogen-bond donors (Lipinski definition) is 0. The molecule has 0 saturated heterocycles. The van der Waals surface area contributed by atoms with E-state index in [9.17, 15) is 4.79 Å². The van der Waals surface area contributed by atoms with Gasteiger partial charge >= 0.3 is 0 Å². The van der Waals surface area contributed by atoms with Crippen LogP contribution in [0, 0.1) is 6.92 Å². The van der Waals surface area contributed by atoms with Crippen molar-refractivity contribution >= 4 is 33.1 Å². The van der Waals surface area contributed by atoms with Gasteiger partial charge < -0.3 is 4.90 Å². The van der Waals surface area contributed by atoms with Crippen LogP contribution >= 0.6 is 15.9 Å². The highest BCUT2D eigenvalue weighted by Gasteiger charge is 2.14. The van der Waals surface area contributed by atoms with Crippen LogP contribution < -0.4 is 4.90 Å². The van der Waals surface area contributed by atoms with Crippen molar-refractivity contribution in [1.29, 1.82) is 0 Å². The van der Waals surface area contributed by atoms with Gasteiger partial charge in [-0.05, 0) is 51.1 Å². The zero-order valence-electron chi connectivity index (χ0n) is 12.0. The Morgan fingerprint density at radius 3 is 2.35 bits per heavy atom. The summed E-state index contributed by atoms with van der Waals surface area (Å²) < 4.78 is 0.923. The van der Waals surface area contributed by atoms with Gasteiger partial charge in [-0.1, -0.05) is 33.6 Å². The first-order valence-corrected chi connectivity index (χ1v) is 7.47. The van der Waals surface area contributed by atoms with Gasteiger partial charge in [-0.25, -0.2) is 0 Å². The number of Topliss-reactive ketones (excluding diaryl/α,β-unsaturated/α-hetero) is 1. The second-order valence-electron chi connectivity index (χ2n) is 4.80. The Morgan fingerprint density at radius 2 is 1.80 bits per heavy atom. The largest absolute Gasteiger partial charge is 0.341 e. The van der Waals surface area contributed by atoms with Crippen molar-refractivity contribution in [3.63, 3.8) is 0 Å². The van der Waals surface area contributed by atoms with E-state index in [0.29, 0.717) is 0 Å². The first-order chi connectivity index (χ1) is 9.52. The van der Waals surface area contributed by atoms with Gasteiger partial charge in [-0.2, -0.15) is 0 Å². The summed E-state index contributed by atoms with van der Waals surface area (Å²) in [6.07, 6.45) is 0. The van der Waals surface area contributed by atoms with E-state index in [0.717, 1.165) is 28.0 Å². The summed E-state index contributed by atoms with van der Waals surface area (Å²) in [7, 11) is 0. The molecule has 0 N–H and O–H groups in total. The van der Waals surface area contributed by atoms with Crippen LogP contribution in [0.15, 0.2) is 46.9 Å². The maximum atomic E-state index is 11.9. The number of halogens is 1. The van der Waals surface area contributed by atoms with Crippen molar-refractivity contribution < 1.29 is 4.79 Å². The van der Waals surface area contributed by atoms with Crippen LogP contribution in [0.4, 0.5) is 11.4 Å². The van der Waals surface area contributed by atoms with E-state index < -0.39 is 0 Å². The van der Waals surface area contributed by atoms with Crippen molar-refractivity contribution in [3.8, 4) is 0 Å². The van der Waals surface area contributed by atoms with Crippen LogP contribution in [-0.4, -0.2) is 12.3 Å². The summed E-state index contributed by atoms with van der Waals surface area (Å²) in [5, 5.41) is 0. The molecule has 0 aliphatic heterocycles. The van der Waals surface area contributed by atoms with Crippen LogP contribution in [0.1, 0.15) is 29.8 Å². The van der Waals surface area contributed by atoms with Gasteiger partial charge in [0.05, 0.1) is 5.69 Å². The number of rotatable bonds is 4. The molecule has 0 heterocycles. The Bertz CT molecular complexity index is 619. The Balaban J connectivity index is 2.51. The predicted octanol–water partition coefficient (Wildman–Crippen LogP) is 5.12. The Kier molecular flexibility index (Phi) is 4.61. The molecule has 0 atom stereocenters. The summed E-state index contributed by atoms with van der Waals surface area (Å²) in [4.78, 5) is 14.0. The lowest BCUT2D eigenvalue weighted by atomic mass is 10.1. The third kappa shape index (κ3) is 3.10. The van der Waals surface area contributed by atoms with E-state index in [1.54, 1.807) is 6.92 Å². The van der Waals surface area contributed by atoms with Gasteiger partial charge in [0, 0.05) is 22.3 Å². The lowest BCUT2D eigenvalue weighted by Crippen LogP contribution is -2.18. The molecule has 0 radical (unpaired) electrons. The molecule has 0 fully saturated rings. The second-order valence-corrected chi connectivity index (χ2v) is 5.71. The van der Waals surface area contributed by atoms with Crippen molar-refractivity contribution in [2.45, 2.75) is 20.8 Å². The highest BCUT2D eigenvalue weighted by molar-refractivity contribution is 9.10. The fourth-order valence-corrected chi connectivity index (χ4v) is 2.60. The van der Waals surface area contributed by atoms with Crippen LogP contribution in [0.3, 0.4) is 0 Å². The summed E-state index contributed by atoms with van der Waals surface area (Å²) in [6, 6.07) is 14.2. The zero-order valence-corrected chi connectivity index (χ0v) is 13.6. The SMILES string of the molecule is CCN(c1ccc(C)cc1)c1ccc(Br)cc1C(C)=O. The van der Waals surface area contributed by atoms with Crippen LogP contribution in [0.2, 0.25) is 0 Å². The molecule has 0 aliphatic carbocycles. The van der Waals surface area contributed by atoms with Crippen LogP contribution in [0.25, 0.3) is 0 Å². The molecular formula is C17H18BrNO. The lowest BCUT2D eigenvalue weighted by Gasteiger charge is -2.25. The van der Waals surface area contributed by atoms with Crippen LogP contribution in [-0.2, 0) is 0 Å². The van der Waals surface area contributed by atoms with E-state index in [4.69, 9.17) is 0 Å². The smallest absolute Gasteiger partial charge is 0.161 e. The van der Waals surface area contributed by atoms with E-state index >= 15 is 0 Å². The molecule has 0 saturated carbocycles. The number of hydrogen-bond acceptors (Lipinski definition) is 2. The van der Waals surface area contributed by atoms with Gasteiger partial charge in [-0.15, -0.1) is 0 Å². The second kappa shape index (κ2) is 6.23. The van der Waals surface area contributed by atoms with Crippen molar-refractivity contribution in [3.05, 3.63) is 58.1 Å². The highest BCUT2D eigenvalue weighted by Crippen LogP contribution is 2.31. The average molecular weight is 332 g/mol. The Morgan fingerprint density at radius 1 is 1.15 bits per heavy atom.